The van der Waals surface area contributed by atoms with Crippen molar-refractivity contribution in [3.05, 3.63) is 0 Å². The van der Waals surface area contributed by atoms with E-state index >= 15 is 0 Å². The second-order valence-corrected chi connectivity index (χ2v) is 4.56. The van der Waals surface area contributed by atoms with Crippen molar-refractivity contribution in [1.29, 1.82) is 0 Å². The number of carboxylic acid groups (broad SMARTS) is 1. The summed E-state index contributed by atoms with van der Waals surface area (Å²) in [5.74, 6) is -0.693. The van der Waals surface area contributed by atoms with Crippen LogP contribution < -0.4 is 11.1 Å². The molecule has 94 valence electrons. The number of nitrogens with one attached hydrogen (secondary N) is 1. The number of rotatable bonds is 8. The van der Waals surface area contributed by atoms with Crippen LogP contribution in [0, 0.1) is 0 Å². The number of aliphatic carboxylic acids is 1. The molecule has 0 bridgehead atoms. The van der Waals surface area contributed by atoms with Crippen LogP contribution in [0.25, 0.3) is 0 Å². The Labute approximate surface area is 100 Å². The lowest BCUT2D eigenvalue weighted by molar-refractivity contribution is -0.142. The molecule has 0 aromatic heterocycles. The van der Waals surface area contributed by atoms with Gasteiger partial charge in [0.1, 0.15) is 6.04 Å². The van der Waals surface area contributed by atoms with Crippen LogP contribution in [0.3, 0.4) is 0 Å². The Bertz CT molecular complexity index is 236. The van der Waals surface area contributed by atoms with Gasteiger partial charge in [0.2, 0.25) is 5.91 Å². The molecule has 6 heteroatoms. The van der Waals surface area contributed by atoms with E-state index in [0.29, 0.717) is 18.6 Å². The highest BCUT2D eigenvalue weighted by atomic mass is 32.2. The molecule has 0 aromatic carbocycles. The van der Waals surface area contributed by atoms with E-state index in [1.165, 1.54) is 0 Å². The Morgan fingerprint density at radius 2 is 2.06 bits per heavy atom. The molecule has 0 saturated carbocycles. The smallest absolute Gasteiger partial charge is 0.326 e. The minimum Gasteiger partial charge on any atom is -0.480 e. The summed E-state index contributed by atoms with van der Waals surface area (Å²) < 4.78 is 0. The van der Waals surface area contributed by atoms with Gasteiger partial charge in [0.15, 0.2) is 0 Å². The van der Waals surface area contributed by atoms with Gasteiger partial charge in [-0.2, -0.15) is 11.8 Å². The Morgan fingerprint density at radius 1 is 1.44 bits per heavy atom. The molecule has 5 nitrogen and oxygen atoms in total. The molecule has 1 amide bonds. The summed E-state index contributed by atoms with van der Waals surface area (Å²) in [5, 5.41) is 11.4. The van der Waals surface area contributed by atoms with Crippen LogP contribution in [0.2, 0.25) is 0 Å². The van der Waals surface area contributed by atoms with Gasteiger partial charge in [-0.25, -0.2) is 4.79 Å². The Balaban J connectivity index is 4.17. The summed E-state index contributed by atoms with van der Waals surface area (Å²) in [6, 6.07) is -1.44. The highest BCUT2D eigenvalue weighted by Crippen LogP contribution is 2.02. The van der Waals surface area contributed by atoms with E-state index < -0.39 is 18.1 Å². The van der Waals surface area contributed by atoms with Gasteiger partial charge in [-0.1, -0.05) is 13.3 Å². The summed E-state index contributed by atoms with van der Waals surface area (Å²) in [6.45, 7) is 1.93. The third-order valence-corrected chi connectivity index (χ3v) is 2.81. The third-order valence-electron chi connectivity index (χ3n) is 2.16. The molecule has 0 unspecified atom stereocenters. The largest absolute Gasteiger partial charge is 0.480 e. The van der Waals surface area contributed by atoms with Crippen LogP contribution in [0.4, 0.5) is 0 Å². The van der Waals surface area contributed by atoms with Gasteiger partial charge in [0, 0.05) is 0 Å². The van der Waals surface area contributed by atoms with E-state index in [-0.39, 0.29) is 5.91 Å². The highest BCUT2D eigenvalue weighted by molar-refractivity contribution is 7.98. The zero-order valence-corrected chi connectivity index (χ0v) is 10.5. The van der Waals surface area contributed by atoms with Crippen molar-refractivity contribution in [3.63, 3.8) is 0 Å². The van der Waals surface area contributed by atoms with E-state index in [1.54, 1.807) is 11.8 Å². The number of carbonyl (C=O) groups is 2. The van der Waals surface area contributed by atoms with Crippen LogP contribution in [-0.4, -0.2) is 41.1 Å². The summed E-state index contributed by atoms with van der Waals surface area (Å²) in [7, 11) is 0. The fourth-order valence-electron chi connectivity index (χ4n) is 1.21. The van der Waals surface area contributed by atoms with Crippen molar-refractivity contribution >= 4 is 23.6 Å². The van der Waals surface area contributed by atoms with Gasteiger partial charge in [-0.15, -0.1) is 0 Å². The molecule has 0 heterocycles. The van der Waals surface area contributed by atoms with Crippen molar-refractivity contribution < 1.29 is 14.7 Å². The standard InChI is InChI=1S/C10H20N2O3S/c1-3-4-7(11)9(13)12-8(10(14)15)5-6-16-2/h7-8H,3-6,11H2,1-2H3,(H,12,13)(H,14,15)/t7-,8-/m0/s1. The second kappa shape index (κ2) is 8.41. The molecule has 4 N–H and O–H groups in total. The lowest BCUT2D eigenvalue weighted by atomic mass is 10.1. The van der Waals surface area contributed by atoms with E-state index in [1.807, 2.05) is 13.2 Å². The van der Waals surface area contributed by atoms with Gasteiger partial charge in [-0.3, -0.25) is 4.79 Å². The molecule has 0 saturated heterocycles. The number of thioether (sulfide) groups is 1. The fourth-order valence-corrected chi connectivity index (χ4v) is 1.69. The average molecular weight is 248 g/mol. The Hall–Kier alpha value is -0.750. The van der Waals surface area contributed by atoms with Crippen molar-refractivity contribution in [2.45, 2.75) is 38.3 Å². The van der Waals surface area contributed by atoms with Crippen molar-refractivity contribution in [3.8, 4) is 0 Å². The summed E-state index contributed by atoms with van der Waals surface area (Å²) in [4.78, 5) is 22.4. The molecular formula is C10H20N2O3S. The second-order valence-electron chi connectivity index (χ2n) is 3.58. The van der Waals surface area contributed by atoms with Crippen LogP contribution in [0.15, 0.2) is 0 Å². The molecule has 0 aliphatic heterocycles. The molecule has 0 aromatic rings. The predicted molar refractivity (Wildman–Crippen MR) is 65.4 cm³/mol. The first kappa shape index (κ1) is 15.2. The van der Waals surface area contributed by atoms with Gasteiger partial charge in [0.25, 0.3) is 0 Å². The first-order chi connectivity index (χ1) is 7.52. The van der Waals surface area contributed by atoms with Crippen LogP contribution in [0.5, 0.6) is 0 Å². The molecular weight excluding hydrogens is 228 g/mol. The maximum absolute atomic E-state index is 11.5. The van der Waals surface area contributed by atoms with Gasteiger partial charge in [0.05, 0.1) is 6.04 Å². The summed E-state index contributed by atoms with van der Waals surface area (Å²) >= 11 is 1.55. The number of amides is 1. The number of carboxylic acids is 1. The van der Waals surface area contributed by atoms with Crippen LogP contribution in [0.1, 0.15) is 26.2 Å². The van der Waals surface area contributed by atoms with Gasteiger partial charge in [-0.05, 0) is 24.9 Å². The number of carbonyl (C=O) groups excluding carboxylic acids is 1. The fraction of sp³-hybridized carbons (Fsp3) is 0.800. The van der Waals surface area contributed by atoms with Gasteiger partial charge >= 0.3 is 5.97 Å². The lowest BCUT2D eigenvalue weighted by Gasteiger charge is -2.17. The van der Waals surface area contributed by atoms with E-state index in [2.05, 4.69) is 5.32 Å². The predicted octanol–water partition coefficient (Wildman–Crippen LogP) is 0.436. The van der Waals surface area contributed by atoms with E-state index in [0.717, 1.165) is 6.42 Å². The average Bonchev–Trinajstić information content (AvgIpc) is 2.23. The molecule has 0 aliphatic rings. The SMILES string of the molecule is CCC[C@H](N)C(=O)N[C@@H](CCSC)C(=O)O. The van der Waals surface area contributed by atoms with Crippen molar-refractivity contribution in [2.24, 2.45) is 5.73 Å². The minimum absolute atomic E-state index is 0.379. The first-order valence-electron chi connectivity index (χ1n) is 5.30. The highest BCUT2D eigenvalue weighted by Gasteiger charge is 2.22. The normalized spacial score (nSPS) is 14.2. The maximum Gasteiger partial charge on any atom is 0.326 e. The molecule has 0 fully saturated rings. The van der Waals surface area contributed by atoms with E-state index in [4.69, 9.17) is 10.8 Å². The maximum atomic E-state index is 11.5. The zero-order valence-electron chi connectivity index (χ0n) is 9.73. The molecule has 16 heavy (non-hydrogen) atoms. The van der Waals surface area contributed by atoms with Crippen LogP contribution >= 0.6 is 11.8 Å². The molecule has 2 atom stereocenters. The molecule has 0 aliphatic carbocycles. The lowest BCUT2D eigenvalue weighted by Crippen LogP contribution is -2.48. The monoisotopic (exact) mass is 248 g/mol. The summed E-state index contributed by atoms with van der Waals surface area (Å²) in [5.41, 5.74) is 5.59. The summed E-state index contributed by atoms with van der Waals surface area (Å²) in [6.07, 6.45) is 3.68. The Morgan fingerprint density at radius 3 is 2.50 bits per heavy atom. The number of hydrogen-bond donors (Lipinski definition) is 3. The zero-order chi connectivity index (χ0) is 12.6. The van der Waals surface area contributed by atoms with Crippen LogP contribution in [-0.2, 0) is 9.59 Å². The third kappa shape index (κ3) is 5.97. The molecule has 0 spiro atoms. The van der Waals surface area contributed by atoms with Crippen molar-refractivity contribution in [1.82, 2.24) is 5.32 Å². The number of nitrogens with two attached hydrogens (primary N) is 1. The molecule has 0 radical (unpaired) electrons. The van der Waals surface area contributed by atoms with Gasteiger partial charge < -0.3 is 16.2 Å². The van der Waals surface area contributed by atoms with Crippen molar-refractivity contribution in [2.75, 3.05) is 12.0 Å². The minimum atomic E-state index is -1.01. The quantitative estimate of drug-likeness (QED) is 0.579. The Kier molecular flexibility index (Phi) is 8.01. The van der Waals surface area contributed by atoms with E-state index in [9.17, 15) is 9.59 Å². The topological polar surface area (TPSA) is 92.4 Å². The number of hydrogen-bond acceptors (Lipinski definition) is 4. The molecule has 0 rings (SSSR count). The first-order valence-corrected chi connectivity index (χ1v) is 6.70.